The van der Waals surface area contributed by atoms with E-state index in [1.807, 2.05) is 30.3 Å². The Morgan fingerprint density at radius 3 is 2.23 bits per heavy atom. The van der Waals surface area contributed by atoms with Gasteiger partial charge in [0, 0.05) is 44.6 Å². The normalized spacial score (nSPS) is 13.7. The lowest BCUT2D eigenvalue weighted by atomic mass is 10.1. The molecule has 0 radical (unpaired) electrons. The lowest BCUT2D eigenvalue weighted by Crippen LogP contribution is -2.52. The van der Waals surface area contributed by atoms with Crippen molar-refractivity contribution in [1.82, 2.24) is 20.2 Å². The largest absolute Gasteiger partial charge is 0.368 e. The molecule has 2 N–H and O–H groups in total. The Balaban J connectivity index is 1.21. The third kappa shape index (κ3) is 6.58. The van der Waals surface area contributed by atoms with Gasteiger partial charge in [-0.2, -0.15) is 0 Å². The number of piperazine rings is 1. The molecule has 10 heteroatoms. The van der Waals surface area contributed by atoms with E-state index in [9.17, 15) is 8.42 Å². The van der Waals surface area contributed by atoms with E-state index >= 15 is 0 Å². The maximum atomic E-state index is 13.6. The predicted octanol–water partition coefficient (Wildman–Crippen LogP) is 4.04. The second kappa shape index (κ2) is 12.3. The topological polar surface area (TPSA) is 84.6 Å². The zero-order valence-electron chi connectivity index (χ0n) is 21.6. The molecule has 1 aliphatic rings. The molecular formula is C29H32N6O2S2. The van der Waals surface area contributed by atoms with Gasteiger partial charge in [0.05, 0.1) is 29.1 Å². The summed E-state index contributed by atoms with van der Waals surface area (Å²) in [4.78, 5) is 11.8. The van der Waals surface area contributed by atoms with E-state index in [4.69, 9.17) is 12.2 Å². The van der Waals surface area contributed by atoms with Crippen LogP contribution in [0.15, 0.2) is 102 Å². The molecule has 3 aromatic carbocycles. The zero-order chi connectivity index (χ0) is 27.1. The van der Waals surface area contributed by atoms with Gasteiger partial charge in [0.1, 0.15) is 0 Å². The highest BCUT2D eigenvalue weighted by atomic mass is 32.2. The number of hydrogen-bond acceptors (Lipinski definition) is 5. The first-order valence-corrected chi connectivity index (χ1v) is 14.8. The van der Waals surface area contributed by atoms with Gasteiger partial charge >= 0.3 is 0 Å². The van der Waals surface area contributed by atoms with Gasteiger partial charge < -0.3 is 20.1 Å². The number of aromatic nitrogens is 2. The summed E-state index contributed by atoms with van der Waals surface area (Å²) in [5.74, 6) is 0. The number of sulfonamides is 1. The molecule has 39 heavy (non-hydrogen) atoms. The fourth-order valence-electron chi connectivity index (χ4n) is 4.63. The number of rotatable bonds is 9. The van der Waals surface area contributed by atoms with Crippen molar-refractivity contribution in [2.75, 3.05) is 41.9 Å². The lowest BCUT2D eigenvalue weighted by molar-refractivity contribution is 0.380. The molecular weight excluding hydrogens is 528 g/mol. The summed E-state index contributed by atoms with van der Waals surface area (Å²) in [6, 6.07) is 26.6. The average Bonchev–Trinajstić information content (AvgIpc) is 3.51. The Bertz CT molecular complexity index is 1440. The van der Waals surface area contributed by atoms with Crippen LogP contribution in [0, 0.1) is 0 Å². The summed E-state index contributed by atoms with van der Waals surface area (Å²) < 4.78 is 28.5. The molecule has 1 fully saturated rings. The van der Waals surface area contributed by atoms with Gasteiger partial charge in [0.15, 0.2) is 5.11 Å². The molecule has 0 bridgehead atoms. The second-order valence-electron chi connectivity index (χ2n) is 9.36. The summed E-state index contributed by atoms with van der Waals surface area (Å²) >= 11 is 5.64. The first-order chi connectivity index (χ1) is 19.0. The Kier molecular flexibility index (Phi) is 8.43. The number of thiocarbonyl (C=S) groups is 1. The number of H-pyrrole nitrogens is 1. The van der Waals surface area contributed by atoms with Crippen LogP contribution in [0.1, 0.15) is 11.3 Å². The Hall–Kier alpha value is -3.89. The van der Waals surface area contributed by atoms with E-state index in [1.54, 1.807) is 42.9 Å². The summed E-state index contributed by atoms with van der Waals surface area (Å²) in [6.07, 6.45) is 4.13. The van der Waals surface area contributed by atoms with Crippen molar-refractivity contribution in [3.63, 3.8) is 0 Å². The van der Waals surface area contributed by atoms with E-state index < -0.39 is 10.0 Å². The molecule has 4 aromatic rings. The number of aromatic amines is 1. The standard InChI is InChI=1S/C29H32N6O2S2/c36-39(37,28-9-5-2-6-10-28)35(22-25-21-30-23-32-25)27-13-11-26(12-14-27)33-17-19-34(20-18-33)29(38)31-16-15-24-7-3-1-4-8-24/h1-14,21,23H,15-20,22H2,(H,30,32)(H,31,38). The van der Waals surface area contributed by atoms with E-state index in [0.717, 1.165) is 49.9 Å². The zero-order valence-corrected chi connectivity index (χ0v) is 23.2. The smallest absolute Gasteiger partial charge is 0.264 e. The molecule has 8 nitrogen and oxygen atoms in total. The Labute approximate surface area is 235 Å². The molecule has 0 unspecified atom stereocenters. The van der Waals surface area contributed by atoms with Crippen molar-refractivity contribution in [3.05, 3.63) is 109 Å². The molecule has 202 valence electrons. The SMILES string of the molecule is O=S(=O)(c1ccccc1)N(Cc1cnc[nH]1)c1ccc(N2CCN(C(=S)NCCc3ccccc3)CC2)cc1. The van der Waals surface area contributed by atoms with Gasteiger partial charge in [-0.15, -0.1) is 0 Å². The first-order valence-electron chi connectivity index (χ1n) is 13.0. The van der Waals surface area contributed by atoms with Gasteiger partial charge in [-0.25, -0.2) is 13.4 Å². The van der Waals surface area contributed by atoms with Crippen LogP contribution < -0.4 is 14.5 Å². The Morgan fingerprint density at radius 2 is 1.59 bits per heavy atom. The van der Waals surface area contributed by atoms with Crippen LogP contribution in [0.4, 0.5) is 11.4 Å². The molecule has 0 saturated carbocycles. The fraction of sp³-hybridized carbons (Fsp3) is 0.241. The maximum absolute atomic E-state index is 13.6. The van der Waals surface area contributed by atoms with Crippen LogP contribution in [-0.4, -0.2) is 61.1 Å². The van der Waals surface area contributed by atoms with Crippen molar-refractivity contribution in [2.24, 2.45) is 0 Å². The number of nitrogens with zero attached hydrogens (tertiary/aromatic N) is 4. The van der Waals surface area contributed by atoms with Crippen LogP contribution in [0.3, 0.4) is 0 Å². The van der Waals surface area contributed by atoms with Crippen molar-refractivity contribution in [3.8, 4) is 0 Å². The molecule has 1 saturated heterocycles. The Morgan fingerprint density at radius 1 is 0.923 bits per heavy atom. The first kappa shape index (κ1) is 26.7. The molecule has 0 atom stereocenters. The number of anilines is 2. The predicted molar refractivity (Wildman–Crippen MR) is 159 cm³/mol. The van der Waals surface area contributed by atoms with E-state index in [1.165, 1.54) is 9.87 Å². The summed E-state index contributed by atoms with van der Waals surface area (Å²) in [5.41, 5.74) is 3.66. The van der Waals surface area contributed by atoms with Gasteiger partial charge in [-0.3, -0.25) is 4.31 Å². The highest BCUT2D eigenvalue weighted by molar-refractivity contribution is 7.92. The monoisotopic (exact) mass is 560 g/mol. The molecule has 5 rings (SSSR count). The van der Waals surface area contributed by atoms with Crippen LogP contribution >= 0.6 is 12.2 Å². The summed E-state index contributed by atoms with van der Waals surface area (Å²) in [5, 5.41) is 4.18. The van der Waals surface area contributed by atoms with Crippen LogP contribution in [0.5, 0.6) is 0 Å². The van der Waals surface area contributed by atoms with Crippen LogP contribution in [0.25, 0.3) is 0 Å². The number of hydrogen-bond donors (Lipinski definition) is 2. The minimum Gasteiger partial charge on any atom is -0.368 e. The highest BCUT2D eigenvalue weighted by Crippen LogP contribution is 2.28. The number of imidazole rings is 1. The average molecular weight is 561 g/mol. The van der Waals surface area contributed by atoms with Gasteiger partial charge in [-0.05, 0) is 60.6 Å². The molecule has 1 aromatic heterocycles. The number of benzene rings is 3. The van der Waals surface area contributed by atoms with E-state index in [0.29, 0.717) is 11.4 Å². The van der Waals surface area contributed by atoms with Crippen LogP contribution in [0.2, 0.25) is 0 Å². The van der Waals surface area contributed by atoms with Crippen molar-refractivity contribution in [1.29, 1.82) is 0 Å². The van der Waals surface area contributed by atoms with E-state index in [2.05, 4.69) is 49.4 Å². The molecule has 0 aliphatic carbocycles. The van der Waals surface area contributed by atoms with E-state index in [-0.39, 0.29) is 11.4 Å². The third-order valence-electron chi connectivity index (χ3n) is 6.80. The minimum atomic E-state index is -3.77. The van der Waals surface area contributed by atoms with Gasteiger partial charge in [-0.1, -0.05) is 48.5 Å². The molecule has 1 aliphatic heterocycles. The molecule has 0 amide bonds. The summed E-state index contributed by atoms with van der Waals surface area (Å²) in [7, 11) is -3.77. The van der Waals surface area contributed by atoms with Crippen molar-refractivity contribution in [2.45, 2.75) is 17.9 Å². The van der Waals surface area contributed by atoms with Crippen LogP contribution in [-0.2, 0) is 23.0 Å². The molecule has 0 spiro atoms. The summed E-state index contributed by atoms with van der Waals surface area (Å²) in [6.45, 7) is 4.29. The van der Waals surface area contributed by atoms with Gasteiger partial charge in [0.2, 0.25) is 0 Å². The highest BCUT2D eigenvalue weighted by Gasteiger charge is 2.26. The third-order valence-corrected chi connectivity index (χ3v) is 8.99. The fourth-order valence-corrected chi connectivity index (χ4v) is 6.38. The molecule has 2 heterocycles. The van der Waals surface area contributed by atoms with Crippen molar-refractivity contribution < 1.29 is 8.42 Å². The number of nitrogens with one attached hydrogen (secondary N) is 2. The van der Waals surface area contributed by atoms with Gasteiger partial charge in [0.25, 0.3) is 10.0 Å². The second-order valence-corrected chi connectivity index (χ2v) is 11.6. The lowest BCUT2D eigenvalue weighted by Gasteiger charge is -2.37. The quantitative estimate of drug-likeness (QED) is 0.299. The van der Waals surface area contributed by atoms with Crippen molar-refractivity contribution >= 4 is 38.7 Å². The minimum absolute atomic E-state index is 0.157. The maximum Gasteiger partial charge on any atom is 0.264 e.